The van der Waals surface area contributed by atoms with Gasteiger partial charge >= 0.3 is 6.09 Å². The van der Waals surface area contributed by atoms with E-state index in [9.17, 15) is 9.59 Å². The molecule has 0 bridgehead atoms. The number of likely N-dealkylation sites (tertiary alicyclic amines) is 1. The molecule has 132 valence electrons. The molecular formula is C16H20N6O3. The van der Waals surface area contributed by atoms with Crippen molar-refractivity contribution in [1.29, 1.82) is 0 Å². The number of aromatic nitrogens is 4. The molecule has 9 nitrogen and oxygen atoms in total. The molecule has 0 unspecified atom stereocenters. The first-order valence-electron chi connectivity index (χ1n) is 8.22. The fraction of sp³-hybridized carbons (Fsp3) is 0.438. The van der Waals surface area contributed by atoms with Crippen molar-refractivity contribution < 1.29 is 14.3 Å². The monoisotopic (exact) mass is 344 g/mol. The zero-order chi connectivity index (χ0) is 17.6. The Kier molecular flexibility index (Phi) is 5.22. The van der Waals surface area contributed by atoms with Crippen LogP contribution < -0.4 is 5.32 Å². The minimum atomic E-state index is -0.296. The maximum Gasteiger partial charge on any atom is 0.409 e. The number of nitrogens with zero attached hydrogens (tertiary/aromatic N) is 5. The fourth-order valence-electron chi connectivity index (χ4n) is 2.69. The van der Waals surface area contributed by atoms with Crippen molar-refractivity contribution in [2.24, 2.45) is 0 Å². The van der Waals surface area contributed by atoms with Crippen LogP contribution in [0.2, 0.25) is 0 Å². The van der Waals surface area contributed by atoms with E-state index in [4.69, 9.17) is 4.74 Å². The number of piperidine rings is 1. The van der Waals surface area contributed by atoms with E-state index in [0.29, 0.717) is 44.0 Å². The molecular weight excluding hydrogens is 324 g/mol. The summed E-state index contributed by atoms with van der Waals surface area (Å²) in [5, 5.41) is 10.4. The Morgan fingerprint density at radius 2 is 1.96 bits per heavy atom. The molecule has 3 heterocycles. The molecule has 1 aliphatic heterocycles. The Morgan fingerprint density at radius 1 is 1.24 bits per heavy atom. The number of pyridine rings is 1. The van der Waals surface area contributed by atoms with E-state index < -0.39 is 0 Å². The topological polar surface area (TPSA) is 102 Å². The highest BCUT2D eigenvalue weighted by atomic mass is 16.6. The minimum absolute atomic E-state index is 0.0125. The molecule has 0 spiro atoms. The second-order valence-electron chi connectivity index (χ2n) is 5.68. The minimum Gasteiger partial charge on any atom is -0.450 e. The third-order valence-electron chi connectivity index (χ3n) is 4.01. The van der Waals surface area contributed by atoms with Crippen molar-refractivity contribution in [2.75, 3.05) is 19.7 Å². The largest absolute Gasteiger partial charge is 0.450 e. The molecule has 0 aromatic carbocycles. The van der Waals surface area contributed by atoms with E-state index in [-0.39, 0.29) is 18.0 Å². The number of ether oxygens (including phenoxy) is 1. The van der Waals surface area contributed by atoms with Gasteiger partial charge in [-0.25, -0.2) is 9.78 Å². The van der Waals surface area contributed by atoms with Gasteiger partial charge < -0.3 is 15.0 Å². The molecule has 3 rings (SSSR count). The number of hydrogen-bond donors (Lipinski definition) is 1. The summed E-state index contributed by atoms with van der Waals surface area (Å²) in [5.41, 5.74) is 0.332. The van der Waals surface area contributed by atoms with Crippen LogP contribution in [-0.2, 0) is 4.74 Å². The number of nitrogens with one attached hydrogen (secondary N) is 1. The predicted octanol–water partition coefficient (Wildman–Crippen LogP) is 1.01. The number of rotatable bonds is 4. The molecule has 25 heavy (non-hydrogen) atoms. The number of amides is 2. The molecule has 2 amide bonds. The van der Waals surface area contributed by atoms with Gasteiger partial charge in [0.2, 0.25) is 0 Å². The maximum absolute atomic E-state index is 12.4. The molecule has 0 atom stereocenters. The summed E-state index contributed by atoms with van der Waals surface area (Å²) >= 11 is 0. The lowest BCUT2D eigenvalue weighted by molar-refractivity contribution is 0.0856. The van der Waals surface area contributed by atoms with Crippen molar-refractivity contribution in [3.63, 3.8) is 0 Å². The third kappa shape index (κ3) is 4.11. The van der Waals surface area contributed by atoms with Gasteiger partial charge in [0.05, 0.1) is 6.61 Å². The summed E-state index contributed by atoms with van der Waals surface area (Å²) in [6, 6.07) is 5.22. The van der Waals surface area contributed by atoms with Crippen LogP contribution in [-0.4, -0.2) is 62.4 Å². The standard InChI is InChI=1S/C16H20N6O3/c1-2-25-16(24)21-8-6-12(7-9-21)19-15(23)13-4-3-5-14(20-13)22-10-17-18-11-22/h3-5,10-12H,2,6-9H2,1H3,(H,19,23). The summed E-state index contributed by atoms with van der Waals surface area (Å²) in [7, 11) is 0. The first-order valence-corrected chi connectivity index (χ1v) is 8.22. The van der Waals surface area contributed by atoms with Crippen molar-refractivity contribution in [2.45, 2.75) is 25.8 Å². The molecule has 2 aromatic heterocycles. The normalized spacial score (nSPS) is 15.0. The molecule has 9 heteroatoms. The third-order valence-corrected chi connectivity index (χ3v) is 4.01. The lowest BCUT2D eigenvalue weighted by atomic mass is 10.1. The zero-order valence-corrected chi connectivity index (χ0v) is 14.0. The predicted molar refractivity (Wildman–Crippen MR) is 88.2 cm³/mol. The van der Waals surface area contributed by atoms with E-state index in [2.05, 4.69) is 20.5 Å². The molecule has 0 radical (unpaired) electrons. The summed E-state index contributed by atoms with van der Waals surface area (Å²) in [6.45, 7) is 3.28. The van der Waals surface area contributed by atoms with E-state index in [0.717, 1.165) is 0 Å². The number of hydrogen-bond acceptors (Lipinski definition) is 6. The molecule has 1 N–H and O–H groups in total. The van der Waals surface area contributed by atoms with E-state index >= 15 is 0 Å². The smallest absolute Gasteiger partial charge is 0.409 e. The molecule has 0 aliphatic carbocycles. The zero-order valence-electron chi connectivity index (χ0n) is 14.0. The van der Waals surface area contributed by atoms with Crippen molar-refractivity contribution >= 4 is 12.0 Å². The molecule has 2 aromatic rings. The summed E-state index contributed by atoms with van der Waals surface area (Å²) in [4.78, 5) is 30.1. The van der Waals surface area contributed by atoms with Gasteiger partial charge in [-0.3, -0.25) is 9.36 Å². The van der Waals surface area contributed by atoms with Gasteiger partial charge in [-0.05, 0) is 31.9 Å². The average molecular weight is 344 g/mol. The quantitative estimate of drug-likeness (QED) is 0.888. The van der Waals surface area contributed by atoms with Crippen LogP contribution in [0.5, 0.6) is 0 Å². The average Bonchev–Trinajstić information content (AvgIpc) is 3.17. The molecule has 0 saturated carbocycles. The Hall–Kier alpha value is -2.97. The summed E-state index contributed by atoms with van der Waals surface area (Å²) in [5.74, 6) is 0.347. The SMILES string of the molecule is CCOC(=O)N1CCC(NC(=O)c2cccc(-n3cnnc3)n2)CC1. The van der Waals surface area contributed by atoms with Crippen LogP contribution in [0.25, 0.3) is 5.82 Å². The highest BCUT2D eigenvalue weighted by molar-refractivity contribution is 5.92. The number of carbonyl (C=O) groups excluding carboxylic acids is 2. The van der Waals surface area contributed by atoms with Crippen molar-refractivity contribution in [1.82, 2.24) is 30.0 Å². The van der Waals surface area contributed by atoms with Crippen molar-refractivity contribution in [3.8, 4) is 5.82 Å². The van der Waals surface area contributed by atoms with Crippen LogP contribution in [0.4, 0.5) is 4.79 Å². The van der Waals surface area contributed by atoms with E-state index in [1.165, 1.54) is 12.7 Å². The van der Waals surface area contributed by atoms with Crippen LogP contribution in [0, 0.1) is 0 Å². The van der Waals surface area contributed by atoms with Gasteiger partial charge in [0.1, 0.15) is 24.2 Å². The van der Waals surface area contributed by atoms with Gasteiger partial charge in [0.25, 0.3) is 5.91 Å². The lowest BCUT2D eigenvalue weighted by Gasteiger charge is -2.31. The Morgan fingerprint density at radius 3 is 2.64 bits per heavy atom. The lowest BCUT2D eigenvalue weighted by Crippen LogP contribution is -2.46. The Balaban J connectivity index is 1.57. The van der Waals surface area contributed by atoms with Crippen molar-refractivity contribution in [3.05, 3.63) is 36.5 Å². The first kappa shape index (κ1) is 16.9. The summed E-state index contributed by atoms with van der Waals surface area (Å²) in [6.07, 6.45) is 4.13. The Bertz CT molecular complexity index is 725. The highest BCUT2D eigenvalue weighted by Gasteiger charge is 2.25. The van der Waals surface area contributed by atoms with Gasteiger partial charge in [0.15, 0.2) is 0 Å². The van der Waals surface area contributed by atoms with E-state index in [1.54, 1.807) is 34.6 Å². The summed E-state index contributed by atoms with van der Waals surface area (Å²) < 4.78 is 6.63. The van der Waals surface area contributed by atoms with E-state index in [1.807, 2.05) is 0 Å². The second kappa shape index (κ2) is 7.73. The molecule has 1 aliphatic rings. The van der Waals surface area contributed by atoms with Gasteiger partial charge in [-0.2, -0.15) is 0 Å². The Labute approximate surface area is 145 Å². The van der Waals surface area contributed by atoms with Crippen LogP contribution in [0.1, 0.15) is 30.3 Å². The maximum atomic E-state index is 12.4. The second-order valence-corrected chi connectivity index (χ2v) is 5.68. The van der Waals surface area contributed by atoms with Gasteiger partial charge in [-0.15, -0.1) is 10.2 Å². The highest BCUT2D eigenvalue weighted by Crippen LogP contribution is 2.12. The van der Waals surface area contributed by atoms with Crippen LogP contribution in [0.15, 0.2) is 30.9 Å². The van der Waals surface area contributed by atoms with Crippen LogP contribution in [0.3, 0.4) is 0 Å². The first-order chi connectivity index (χ1) is 12.2. The molecule has 1 saturated heterocycles. The van der Waals surface area contributed by atoms with Gasteiger partial charge in [-0.1, -0.05) is 6.07 Å². The fourth-order valence-corrected chi connectivity index (χ4v) is 2.69. The van der Waals surface area contributed by atoms with Gasteiger partial charge in [0, 0.05) is 19.1 Å². The number of carbonyl (C=O) groups is 2. The van der Waals surface area contributed by atoms with Crippen LogP contribution >= 0.6 is 0 Å². The molecule has 1 fully saturated rings.